The van der Waals surface area contributed by atoms with E-state index in [1.807, 2.05) is 0 Å². The number of carbonyl (C=O) groups is 1. The number of carboxylic acid groups (broad SMARTS) is 1. The second-order valence-electron chi connectivity index (χ2n) is 7.11. The maximum absolute atomic E-state index is 12.5. The van der Waals surface area contributed by atoms with Crippen molar-refractivity contribution in [3.05, 3.63) is 45.0 Å². The quantitative estimate of drug-likeness (QED) is 0.848. The first-order valence-corrected chi connectivity index (χ1v) is 9.00. The Balaban J connectivity index is 1.57. The lowest BCUT2D eigenvalue weighted by atomic mass is 10.0. The topological polar surface area (TPSA) is 96.6 Å². The van der Waals surface area contributed by atoms with Gasteiger partial charge in [-0.3, -0.25) is 18.7 Å². The number of piperidine rings is 1. The molecule has 0 radical (unpaired) electrons. The van der Waals surface area contributed by atoms with Crippen molar-refractivity contribution in [2.45, 2.75) is 37.9 Å². The average molecular weight is 358 g/mol. The van der Waals surface area contributed by atoms with Gasteiger partial charge in [-0.2, -0.15) is 0 Å². The molecule has 1 fully saturated rings. The Hall–Kier alpha value is -2.61. The molecule has 138 valence electrons. The number of amides is 1. The van der Waals surface area contributed by atoms with E-state index < -0.39 is 6.09 Å². The molecule has 0 spiro atoms. The molecule has 4 heterocycles. The SMILES string of the molecule is O=C(O)NC1CCN(CC2CCn3c(=O)ccc4ccc(=O)n2c43)CC1. The molecular weight excluding hydrogens is 336 g/mol. The molecule has 1 amide bonds. The van der Waals surface area contributed by atoms with Gasteiger partial charge >= 0.3 is 6.09 Å². The van der Waals surface area contributed by atoms with Gasteiger partial charge in [-0.15, -0.1) is 0 Å². The highest BCUT2D eigenvalue weighted by molar-refractivity contribution is 5.75. The number of hydrogen-bond donors (Lipinski definition) is 2. The monoisotopic (exact) mass is 358 g/mol. The van der Waals surface area contributed by atoms with E-state index in [9.17, 15) is 14.4 Å². The van der Waals surface area contributed by atoms with Crippen molar-refractivity contribution in [3.63, 3.8) is 0 Å². The standard InChI is InChI=1S/C18H22N4O4/c23-15-3-1-12-2-4-16(24)22-14(7-10-21(15)17(12)22)11-20-8-5-13(6-9-20)19-18(25)26/h1-4,13-14,19H,5-11H2,(H,25,26). The van der Waals surface area contributed by atoms with Crippen molar-refractivity contribution in [3.8, 4) is 0 Å². The third kappa shape index (κ3) is 3.01. The van der Waals surface area contributed by atoms with Crippen LogP contribution in [0.3, 0.4) is 0 Å². The number of aromatic nitrogens is 2. The molecule has 8 nitrogen and oxygen atoms in total. The van der Waals surface area contributed by atoms with Gasteiger partial charge in [0.15, 0.2) is 0 Å². The fourth-order valence-corrected chi connectivity index (χ4v) is 4.21. The normalized spacial score (nSPS) is 21.0. The van der Waals surface area contributed by atoms with Crippen molar-refractivity contribution < 1.29 is 9.90 Å². The zero-order valence-electron chi connectivity index (χ0n) is 14.4. The van der Waals surface area contributed by atoms with Crippen molar-refractivity contribution in [2.75, 3.05) is 19.6 Å². The third-order valence-corrected chi connectivity index (χ3v) is 5.49. The van der Waals surface area contributed by atoms with Crippen molar-refractivity contribution in [2.24, 2.45) is 0 Å². The summed E-state index contributed by atoms with van der Waals surface area (Å²) in [5, 5.41) is 12.3. The van der Waals surface area contributed by atoms with Gasteiger partial charge < -0.3 is 15.3 Å². The summed E-state index contributed by atoms with van der Waals surface area (Å²) in [6, 6.07) is 6.69. The molecule has 26 heavy (non-hydrogen) atoms. The van der Waals surface area contributed by atoms with Gasteiger partial charge in [0, 0.05) is 49.7 Å². The Morgan fingerprint density at radius 1 is 1.04 bits per heavy atom. The highest BCUT2D eigenvalue weighted by Gasteiger charge is 2.27. The predicted octanol–water partition coefficient (Wildman–Crippen LogP) is 0.840. The lowest BCUT2D eigenvalue weighted by Gasteiger charge is -2.36. The maximum Gasteiger partial charge on any atom is 0.404 e. The van der Waals surface area contributed by atoms with Crippen LogP contribution >= 0.6 is 0 Å². The summed E-state index contributed by atoms with van der Waals surface area (Å²) in [6.45, 7) is 2.95. The summed E-state index contributed by atoms with van der Waals surface area (Å²) in [7, 11) is 0. The largest absolute Gasteiger partial charge is 0.465 e. The average Bonchev–Trinajstić information content (AvgIpc) is 2.62. The Morgan fingerprint density at radius 3 is 2.42 bits per heavy atom. The molecule has 0 aromatic carbocycles. The van der Waals surface area contributed by atoms with Crippen LogP contribution in [0.2, 0.25) is 0 Å². The molecule has 1 atom stereocenters. The van der Waals surface area contributed by atoms with Gasteiger partial charge in [-0.05, 0) is 31.4 Å². The fraction of sp³-hybridized carbons (Fsp3) is 0.500. The molecule has 8 heteroatoms. The molecule has 1 unspecified atom stereocenters. The third-order valence-electron chi connectivity index (χ3n) is 5.49. The molecule has 0 saturated carbocycles. The highest BCUT2D eigenvalue weighted by Crippen LogP contribution is 2.25. The molecule has 2 aliphatic heterocycles. The molecule has 2 aromatic rings. The Labute approximate surface area is 149 Å². The van der Waals surface area contributed by atoms with Gasteiger partial charge in [0.05, 0.1) is 6.04 Å². The van der Waals surface area contributed by atoms with E-state index in [2.05, 4.69) is 10.2 Å². The summed E-state index contributed by atoms with van der Waals surface area (Å²) in [5.74, 6) is 0. The summed E-state index contributed by atoms with van der Waals surface area (Å²) < 4.78 is 3.46. The van der Waals surface area contributed by atoms with E-state index in [1.165, 1.54) is 0 Å². The van der Waals surface area contributed by atoms with Crippen LogP contribution in [-0.4, -0.2) is 50.9 Å². The van der Waals surface area contributed by atoms with Crippen molar-refractivity contribution in [1.82, 2.24) is 19.4 Å². The van der Waals surface area contributed by atoms with Crippen LogP contribution in [0.5, 0.6) is 0 Å². The first kappa shape index (κ1) is 16.8. The highest BCUT2D eigenvalue weighted by atomic mass is 16.4. The van der Waals surface area contributed by atoms with Crippen LogP contribution in [0.15, 0.2) is 33.9 Å². The van der Waals surface area contributed by atoms with Crippen LogP contribution in [0.25, 0.3) is 11.0 Å². The number of likely N-dealkylation sites (tertiary alicyclic amines) is 1. The van der Waals surface area contributed by atoms with E-state index >= 15 is 0 Å². The van der Waals surface area contributed by atoms with E-state index in [4.69, 9.17) is 5.11 Å². The van der Waals surface area contributed by atoms with E-state index in [1.54, 1.807) is 33.4 Å². The minimum absolute atomic E-state index is 0.000522. The van der Waals surface area contributed by atoms with E-state index in [-0.39, 0.29) is 23.2 Å². The predicted molar refractivity (Wildman–Crippen MR) is 96.7 cm³/mol. The summed E-state index contributed by atoms with van der Waals surface area (Å²) in [6.07, 6.45) is 1.31. The van der Waals surface area contributed by atoms with Crippen molar-refractivity contribution >= 4 is 17.1 Å². The van der Waals surface area contributed by atoms with Gasteiger partial charge in [-0.1, -0.05) is 0 Å². The van der Waals surface area contributed by atoms with Gasteiger partial charge in [-0.25, -0.2) is 4.79 Å². The Bertz CT molecular complexity index is 951. The van der Waals surface area contributed by atoms with Crippen LogP contribution in [0.1, 0.15) is 25.3 Å². The van der Waals surface area contributed by atoms with E-state index in [0.717, 1.165) is 44.3 Å². The summed E-state index contributed by atoms with van der Waals surface area (Å²) in [5.41, 5.74) is 0.559. The number of pyridine rings is 2. The van der Waals surface area contributed by atoms with Crippen LogP contribution in [0, 0.1) is 0 Å². The number of aryl methyl sites for hydroxylation is 1. The second kappa shape index (κ2) is 6.60. The summed E-state index contributed by atoms with van der Waals surface area (Å²) >= 11 is 0. The first-order chi connectivity index (χ1) is 12.5. The fourth-order valence-electron chi connectivity index (χ4n) is 4.21. The van der Waals surface area contributed by atoms with Gasteiger partial charge in [0.25, 0.3) is 11.1 Å². The zero-order chi connectivity index (χ0) is 18.3. The van der Waals surface area contributed by atoms with Gasteiger partial charge in [0.2, 0.25) is 0 Å². The maximum atomic E-state index is 12.5. The smallest absolute Gasteiger partial charge is 0.404 e. The second-order valence-corrected chi connectivity index (χ2v) is 7.11. The minimum Gasteiger partial charge on any atom is -0.465 e. The summed E-state index contributed by atoms with van der Waals surface area (Å²) in [4.78, 5) is 37.8. The molecular formula is C18H22N4O4. The molecule has 2 aromatic heterocycles. The zero-order valence-corrected chi connectivity index (χ0v) is 14.4. The van der Waals surface area contributed by atoms with Crippen molar-refractivity contribution in [1.29, 1.82) is 0 Å². The van der Waals surface area contributed by atoms with Gasteiger partial charge in [0.1, 0.15) is 5.65 Å². The lowest BCUT2D eigenvalue weighted by molar-refractivity contribution is 0.152. The van der Waals surface area contributed by atoms with Crippen LogP contribution < -0.4 is 16.4 Å². The van der Waals surface area contributed by atoms with E-state index in [0.29, 0.717) is 12.2 Å². The number of nitrogens with one attached hydrogen (secondary N) is 1. The molecule has 1 saturated heterocycles. The number of nitrogens with zero attached hydrogens (tertiary/aromatic N) is 3. The Morgan fingerprint density at radius 2 is 1.73 bits per heavy atom. The molecule has 2 aliphatic rings. The Kier molecular flexibility index (Phi) is 4.28. The number of hydrogen-bond acceptors (Lipinski definition) is 4. The first-order valence-electron chi connectivity index (χ1n) is 9.00. The minimum atomic E-state index is -0.976. The molecule has 0 bridgehead atoms. The lowest BCUT2D eigenvalue weighted by Crippen LogP contribution is -2.47. The molecule has 0 aliphatic carbocycles. The number of rotatable bonds is 3. The molecule has 4 rings (SSSR count). The van der Waals surface area contributed by atoms with Crippen LogP contribution in [0.4, 0.5) is 4.79 Å². The van der Waals surface area contributed by atoms with Crippen LogP contribution in [-0.2, 0) is 6.54 Å². The molecule has 2 N–H and O–H groups in total.